The zero-order valence-corrected chi connectivity index (χ0v) is 13.0. The van der Waals surface area contributed by atoms with E-state index < -0.39 is 54.8 Å². The van der Waals surface area contributed by atoms with Crippen molar-refractivity contribution in [3.05, 3.63) is 0 Å². The number of hydrogen-bond donors (Lipinski definition) is 7. The van der Waals surface area contributed by atoms with Gasteiger partial charge in [-0.05, 0) is 6.92 Å². The summed E-state index contributed by atoms with van der Waals surface area (Å²) in [7, 11) is 0. The van der Waals surface area contributed by atoms with E-state index in [9.17, 15) is 29.1 Å². The van der Waals surface area contributed by atoms with Crippen LogP contribution in [0.5, 0.6) is 0 Å². The highest BCUT2D eigenvalue weighted by Gasteiger charge is 2.24. The van der Waals surface area contributed by atoms with Gasteiger partial charge in [0.05, 0.1) is 32.3 Å². The van der Waals surface area contributed by atoms with Crippen molar-refractivity contribution in [2.75, 3.05) is 26.2 Å². The molecule has 12 heteroatoms. The Morgan fingerprint density at radius 3 is 1.67 bits per heavy atom. The van der Waals surface area contributed by atoms with Gasteiger partial charge in [0.2, 0.25) is 23.6 Å². The second-order valence-electron chi connectivity index (χ2n) is 4.66. The van der Waals surface area contributed by atoms with E-state index in [4.69, 9.17) is 10.8 Å². The third-order valence-corrected chi connectivity index (χ3v) is 2.59. The predicted octanol–water partition coefficient (Wildman–Crippen LogP) is -4.76. The molecule has 0 aliphatic rings. The van der Waals surface area contributed by atoms with Crippen molar-refractivity contribution in [3.8, 4) is 0 Å². The van der Waals surface area contributed by atoms with Gasteiger partial charge in [-0.25, -0.2) is 4.79 Å². The second kappa shape index (κ2) is 10.9. The molecule has 0 radical (unpaired) electrons. The third kappa shape index (κ3) is 9.32. The van der Waals surface area contributed by atoms with Gasteiger partial charge in [-0.15, -0.1) is 0 Å². The largest absolute Gasteiger partial charge is 0.480 e. The van der Waals surface area contributed by atoms with Gasteiger partial charge in [-0.1, -0.05) is 0 Å². The van der Waals surface area contributed by atoms with Crippen LogP contribution in [0.15, 0.2) is 0 Å². The Morgan fingerprint density at radius 1 is 0.875 bits per heavy atom. The first-order chi connectivity index (χ1) is 11.2. The number of aliphatic hydroxyl groups is 1. The number of aliphatic hydroxyl groups excluding tert-OH is 1. The molecule has 0 aromatic heterocycles. The van der Waals surface area contributed by atoms with Crippen LogP contribution in [0.2, 0.25) is 0 Å². The van der Waals surface area contributed by atoms with Crippen LogP contribution in [0, 0.1) is 0 Å². The highest BCUT2D eigenvalue weighted by atomic mass is 16.4. The van der Waals surface area contributed by atoms with E-state index in [0.29, 0.717) is 0 Å². The van der Waals surface area contributed by atoms with Gasteiger partial charge in [-0.3, -0.25) is 19.2 Å². The van der Waals surface area contributed by atoms with Gasteiger partial charge < -0.3 is 37.2 Å². The molecule has 8 N–H and O–H groups in total. The molecule has 0 saturated carbocycles. The Morgan fingerprint density at radius 2 is 1.29 bits per heavy atom. The molecule has 0 aromatic carbocycles. The Labute approximate surface area is 137 Å². The lowest BCUT2D eigenvalue weighted by Gasteiger charge is -2.17. The van der Waals surface area contributed by atoms with Gasteiger partial charge in [0.15, 0.2) is 6.04 Å². The van der Waals surface area contributed by atoms with Crippen LogP contribution in [0.1, 0.15) is 6.92 Å². The van der Waals surface area contributed by atoms with E-state index in [1.54, 1.807) is 0 Å². The maximum atomic E-state index is 11.5. The van der Waals surface area contributed by atoms with Crippen LogP contribution in [-0.2, 0) is 24.0 Å². The minimum absolute atomic E-state index is 0.271. The van der Waals surface area contributed by atoms with Crippen LogP contribution in [0.3, 0.4) is 0 Å². The van der Waals surface area contributed by atoms with E-state index in [0.717, 1.165) is 0 Å². The zero-order valence-electron chi connectivity index (χ0n) is 13.0. The number of nitrogens with two attached hydrogens (primary N) is 1. The molecular formula is C12H21N5O7. The van der Waals surface area contributed by atoms with Crippen LogP contribution in [0.25, 0.3) is 0 Å². The summed E-state index contributed by atoms with van der Waals surface area (Å²) in [4.78, 5) is 55.8. The summed E-state index contributed by atoms with van der Waals surface area (Å²) in [6.45, 7) is -0.403. The molecule has 0 bridgehead atoms. The van der Waals surface area contributed by atoms with Crippen LogP contribution in [0.4, 0.5) is 0 Å². The molecule has 12 nitrogen and oxygen atoms in total. The van der Waals surface area contributed by atoms with E-state index in [-0.39, 0.29) is 13.1 Å². The molecule has 0 spiro atoms. The molecular weight excluding hydrogens is 326 g/mol. The lowest BCUT2D eigenvalue weighted by Crippen LogP contribution is -2.51. The minimum atomic E-state index is -1.50. The third-order valence-electron chi connectivity index (χ3n) is 2.59. The Kier molecular flexibility index (Phi) is 9.67. The number of carbonyl (C=O) groups is 5. The van der Waals surface area contributed by atoms with E-state index in [2.05, 4.69) is 16.0 Å². The summed E-state index contributed by atoms with van der Waals surface area (Å²) >= 11 is 0. The summed E-state index contributed by atoms with van der Waals surface area (Å²) in [5, 5.41) is 26.5. The highest BCUT2D eigenvalue weighted by Crippen LogP contribution is 1.92. The van der Waals surface area contributed by atoms with Crippen LogP contribution >= 0.6 is 0 Å². The van der Waals surface area contributed by atoms with Crippen LogP contribution in [-0.4, -0.2) is 78.1 Å². The number of carboxylic acid groups (broad SMARTS) is 1. The Bertz CT molecular complexity index is 494. The monoisotopic (exact) mass is 347 g/mol. The summed E-state index contributed by atoms with van der Waals surface area (Å²) < 4.78 is 0. The fourth-order valence-corrected chi connectivity index (χ4v) is 1.35. The highest BCUT2D eigenvalue weighted by molar-refractivity contribution is 5.91. The van der Waals surface area contributed by atoms with Gasteiger partial charge in [0.1, 0.15) is 0 Å². The van der Waals surface area contributed by atoms with Crippen molar-refractivity contribution >= 4 is 29.6 Å². The quantitative estimate of drug-likeness (QED) is 0.204. The first-order valence-electron chi connectivity index (χ1n) is 6.87. The van der Waals surface area contributed by atoms with Crippen molar-refractivity contribution in [1.82, 2.24) is 21.3 Å². The molecule has 24 heavy (non-hydrogen) atoms. The molecule has 0 saturated heterocycles. The molecule has 0 rings (SSSR count). The van der Waals surface area contributed by atoms with E-state index in [1.165, 1.54) is 6.92 Å². The number of nitrogens with one attached hydrogen (secondary N) is 4. The van der Waals surface area contributed by atoms with Crippen molar-refractivity contribution < 1.29 is 34.2 Å². The predicted molar refractivity (Wildman–Crippen MR) is 79.3 cm³/mol. The smallest absolute Gasteiger partial charge is 0.328 e. The number of aliphatic carboxylic acids is 1. The zero-order chi connectivity index (χ0) is 18.7. The van der Waals surface area contributed by atoms with Crippen LogP contribution < -0.4 is 27.0 Å². The van der Waals surface area contributed by atoms with Gasteiger partial charge in [0.25, 0.3) is 0 Å². The van der Waals surface area contributed by atoms with E-state index >= 15 is 0 Å². The topological polar surface area (TPSA) is 200 Å². The molecule has 0 heterocycles. The molecule has 0 fully saturated rings. The number of rotatable bonds is 10. The number of amides is 4. The summed E-state index contributed by atoms with van der Waals surface area (Å²) in [6.07, 6.45) is -1.31. The molecule has 4 amide bonds. The van der Waals surface area contributed by atoms with Gasteiger partial charge in [0, 0.05) is 0 Å². The fraction of sp³-hybridized carbons (Fsp3) is 0.583. The first kappa shape index (κ1) is 21.3. The molecule has 136 valence electrons. The summed E-state index contributed by atoms with van der Waals surface area (Å²) in [5.74, 6) is -4.10. The number of carbonyl (C=O) groups excluding carboxylic acids is 4. The average Bonchev–Trinajstić information content (AvgIpc) is 2.52. The van der Waals surface area contributed by atoms with Crippen molar-refractivity contribution in [3.63, 3.8) is 0 Å². The number of carboxylic acids is 1. The molecule has 2 atom stereocenters. The SMILES string of the molecule is C[C@@H](O)[C@H](NC(=O)CNC(=O)CNC(=O)CNC(=O)CN)C(=O)O. The normalized spacial score (nSPS) is 12.5. The van der Waals surface area contributed by atoms with Crippen molar-refractivity contribution in [2.45, 2.75) is 19.1 Å². The number of hydrogen-bond acceptors (Lipinski definition) is 7. The Hall–Kier alpha value is -2.73. The Balaban J connectivity index is 4.04. The maximum absolute atomic E-state index is 11.5. The van der Waals surface area contributed by atoms with Crippen molar-refractivity contribution in [2.24, 2.45) is 5.73 Å². The second-order valence-corrected chi connectivity index (χ2v) is 4.66. The van der Waals surface area contributed by atoms with Gasteiger partial charge >= 0.3 is 5.97 Å². The lowest BCUT2D eigenvalue weighted by atomic mass is 10.2. The summed E-state index contributed by atoms with van der Waals surface area (Å²) in [5.41, 5.74) is 5.02. The molecule has 0 aliphatic carbocycles. The molecule has 0 unspecified atom stereocenters. The van der Waals surface area contributed by atoms with Gasteiger partial charge in [-0.2, -0.15) is 0 Å². The van der Waals surface area contributed by atoms with Crippen molar-refractivity contribution in [1.29, 1.82) is 0 Å². The lowest BCUT2D eigenvalue weighted by molar-refractivity contribution is -0.144. The molecule has 0 aliphatic heterocycles. The first-order valence-corrected chi connectivity index (χ1v) is 6.87. The minimum Gasteiger partial charge on any atom is -0.480 e. The fourth-order valence-electron chi connectivity index (χ4n) is 1.35. The summed E-state index contributed by atoms with van der Waals surface area (Å²) in [6, 6.07) is -1.50. The van der Waals surface area contributed by atoms with E-state index in [1.807, 2.05) is 5.32 Å². The standard InChI is InChI=1S/C12H21N5O7/c1-6(18)11(12(23)24)17-10(22)5-16-9(21)4-15-8(20)3-14-7(19)2-13/h6,11,18H,2-5,13H2,1H3,(H,14,19)(H,15,20)(H,16,21)(H,17,22)(H,23,24)/t6-,11+/m1/s1. The molecule has 0 aromatic rings. The average molecular weight is 347 g/mol. The maximum Gasteiger partial charge on any atom is 0.328 e.